The van der Waals surface area contributed by atoms with Crippen molar-refractivity contribution in [3.05, 3.63) is 35.6 Å². The van der Waals surface area contributed by atoms with Crippen molar-refractivity contribution in [3.8, 4) is 0 Å². The topological polar surface area (TPSA) is 63.6 Å². The molecule has 4 nitrogen and oxygen atoms in total. The maximum Gasteiger partial charge on any atom is 0.321 e. The number of cyclic esters (lactones) is 1. The predicted octanol–water partition coefficient (Wildman–Crippen LogP) is 1.17. The van der Waals surface area contributed by atoms with Crippen LogP contribution in [0.15, 0.2) is 24.3 Å². The molecule has 16 heavy (non-hydrogen) atoms. The second-order valence-electron chi connectivity index (χ2n) is 3.60. The molecule has 0 saturated carbocycles. The highest BCUT2D eigenvalue weighted by Crippen LogP contribution is 2.32. The van der Waals surface area contributed by atoms with E-state index in [1.807, 2.05) is 0 Å². The van der Waals surface area contributed by atoms with Crippen LogP contribution in [0.1, 0.15) is 11.5 Å². The Labute approximate surface area is 90.6 Å². The predicted molar refractivity (Wildman–Crippen MR) is 51.2 cm³/mol. The van der Waals surface area contributed by atoms with Crippen LogP contribution >= 0.6 is 0 Å². The summed E-state index contributed by atoms with van der Waals surface area (Å²) in [4.78, 5) is 22.1. The number of rotatable bonds is 2. The quantitative estimate of drug-likeness (QED) is 0.605. The molecule has 1 aromatic rings. The molecule has 0 radical (unpaired) electrons. The standard InChI is InChI=1S/C11H9FO4/c12-7-3-1-6(2-4-7)8-5-16-11(15)9(8)10(13)14/h1-4,8-9H,5H2,(H,13,14)/t8-,9-/m1/s1. The number of halogens is 1. The zero-order chi connectivity index (χ0) is 11.7. The molecule has 1 saturated heterocycles. The third-order valence-electron chi connectivity index (χ3n) is 2.63. The van der Waals surface area contributed by atoms with Gasteiger partial charge in [0.15, 0.2) is 5.92 Å². The largest absolute Gasteiger partial charge is 0.481 e. The molecule has 1 aromatic carbocycles. The summed E-state index contributed by atoms with van der Waals surface area (Å²) in [6, 6.07) is 5.41. The van der Waals surface area contributed by atoms with Crippen molar-refractivity contribution in [2.45, 2.75) is 5.92 Å². The van der Waals surface area contributed by atoms with Gasteiger partial charge in [-0.2, -0.15) is 0 Å². The molecule has 5 heteroatoms. The molecule has 2 atom stereocenters. The van der Waals surface area contributed by atoms with E-state index in [-0.39, 0.29) is 6.61 Å². The molecule has 0 spiro atoms. The zero-order valence-corrected chi connectivity index (χ0v) is 8.22. The molecule has 0 unspecified atom stereocenters. The van der Waals surface area contributed by atoms with E-state index in [0.717, 1.165) is 0 Å². The van der Waals surface area contributed by atoms with Crippen molar-refractivity contribution in [3.63, 3.8) is 0 Å². The molecule has 0 aromatic heterocycles. The number of hydrogen-bond donors (Lipinski definition) is 1. The van der Waals surface area contributed by atoms with Gasteiger partial charge in [-0.15, -0.1) is 0 Å². The van der Waals surface area contributed by atoms with E-state index < -0.39 is 29.6 Å². The second-order valence-corrected chi connectivity index (χ2v) is 3.60. The van der Waals surface area contributed by atoms with Crippen molar-refractivity contribution in [2.24, 2.45) is 5.92 Å². The number of benzene rings is 1. The summed E-state index contributed by atoms with van der Waals surface area (Å²) in [5, 5.41) is 8.90. The third-order valence-corrected chi connectivity index (χ3v) is 2.63. The average Bonchev–Trinajstić information content (AvgIpc) is 2.61. The minimum atomic E-state index is -1.21. The highest BCUT2D eigenvalue weighted by Gasteiger charge is 2.43. The summed E-state index contributed by atoms with van der Waals surface area (Å²) in [7, 11) is 0. The van der Waals surface area contributed by atoms with Gasteiger partial charge in [0.2, 0.25) is 0 Å². The van der Waals surface area contributed by atoms with Crippen molar-refractivity contribution >= 4 is 11.9 Å². The van der Waals surface area contributed by atoms with Crippen LogP contribution in [0.25, 0.3) is 0 Å². The lowest BCUT2D eigenvalue weighted by Gasteiger charge is -2.11. The van der Waals surface area contributed by atoms with Gasteiger partial charge >= 0.3 is 11.9 Å². The van der Waals surface area contributed by atoms with Crippen LogP contribution < -0.4 is 0 Å². The molecule has 0 amide bonds. The Morgan fingerprint density at radius 2 is 2.00 bits per heavy atom. The first-order valence-electron chi connectivity index (χ1n) is 4.74. The number of hydrogen-bond acceptors (Lipinski definition) is 3. The summed E-state index contributed by atoms with van der Waals surface area (Å²) in [5.74, 6) is -4.07. The van der Waals surface area contributed by atoms with Crippen molar-refractivity contribution < 1.29 is 23.8 Å². The molecule has 1 aliphatic rings. The van der Waals surface area contributed by atoms with Gasteiger partial charge in [0.05, 0.1) is 6.61 Å². The maximum atomic E-state index is 12.7. The minimum absolute atomic E-state index is 0.0292. The second kappa shape index (κ2) is 3.92. The summed E-state index contributed by atoms with van der Waals surface area (Å²) >= 11 is 0. The summed E-state index contributed by atoms with van der Waals surface area (Å²) < 4.78 is 17.4. The summed E-state index contributed by atoms with van der Waals surface area (Å²) in [5.41, 5.74) is 0.597. The normalized spacial score (nSPS) is 24.2. The number of carbonyl (C=O) groups excluding carboxylic acids is 1. The van der Waals surface area contributed by atoms with Crippen molar-refractivity contribution in [1.29, 1.82) is 0 Å². The molecule has 1 heterocycles. The van der Waals surface area contributed by atoms with Gasteiger partial charge < -0.3 is 9.84 Å². The zero-order valence-electron chi connectivity index (χ0n) is 8.22. The van der Waals surface area contributed by atoms with Crippen LogP contribution in [0.2, 0.25) is 0 Å². The van der Waals surface area contributed by atoms with Crippen LogP contribution in [0.5, 0.6) is 0 Å². The minimum Gasteiger partial charge on any atom is -0.481 e. The molecule has 1 N–H and O–H groups in total. The number of esters is 1. The monoisotopic (exact) mass is 224 g/mol. The van der Waals surface area contributed by atoms with Gasteiger partial charge in [-0.3, -0.25) is 9.59 Å². The van der Waals surface area contributed by atoms with Gasteiger partial charge in [0.25, 0.3) is 0 Å². The number of carboxylic acid groups (broad SMARTS) is 1. The first-order chi connectivity index (χ1) is 7.59. The smallest absolute Gasteiger partial charge is 0.321 e. The number of carbonyl (C=O) groups is 2. The van der Waals surface area contributed by atoms with Crippen LogP contribution in [-0.2, 0) is 14.3 Å². The molecule has 2 rings (SSSR count). The van der Waals surface area contributed by atoms with E-state index in [1.165, 1.54) is 24.3 Å². The van der Waals surface area contributed by atoms with Gasteiger partial charge in [-0.1, -0.05) is 12.1 Å². The Balaban J connectivity index is 2.30. The first-order valence-corrected chi connectivity index (χ1v) is 4.74. The van der Waals surface area contributed by atoms with Crippen LogP contribution in [0, 0.1) is 11.7 Å². The van der Waals surface area contributed by atoms with Crippen LogP contribution in [-0.4, -0.2) is 23.7 Å². The highest BCUT2D eigenvalue weighted by molar-refractivity contribution is 5.96. The Morgan fingerprint density at radius 1 is 1.38 bits per heavy atom. The molecule has 1 fully saturated rings. The maximum absolute atomic E-state index is 12.7. The van der Waals surface area contributed by atoms with E-state index in [0.29, 0.717) is 5.56 Å². The fourth-order valence-electron chi connectivity index (χ4n) is 1.79. The Kier molecular flexibility index (Phi) is 2.60. The van der Waals surface area contributed by atoms with Crippen LogP contribution in [0.4, 0.5) is 4.39 Å². The summed E-state index contributed by atoms with van der Waals surface area (Å²) in [6.45, 7) is 0.0292. The number of carboxylic acids is 1. The molecular weight excluding hydrogens is 215 g/mol. The number of aliphatic carboxylic acids is 1. The lowest BCUT2D eigenvalue weighted by atomic mass is 9.89. The Bertz CT molecular complexity index is 426. The van der Waals surface area contributed by atoms with E-state index >= 15 is 0 Å². The SMILES string of the molecule is O=C(O)[C@@H]1C(=O)OC[C@@H]1c1ccc(F)cc1. The molecule has 0 bridgehead atoms. The summed E-state index contributed by atoms with van der Waals surface area (Å²) in [6.07, 6.45) is 0. The third kappa shape index (κ3) is 1.76. The molecule has 84 valence electrons. The van der Waals surface area contributed by atoms with Gasteiger partial charge in [-0.05, 0) is 17.7 Å². The fourth-order valence-corrected chi connectivity index (χ4v) is 1.79. The molecule has 0 aliphatic carbocycles. The molecule has 1 aliphatic heterocycles. The fraction of sp³-hybridized carbons (Fsp3) is 0.273. The Hall–Kier alpha value is -1.91. The lowest BCUT2D eigenvalue weighted by molar-refractivity contribution is -0.152. The van der Waals surface area contributed by atoms with E-state index in [1.54, 1.807) is 0 Å². The van der Waals surface area contributed by atoms with Crippen molar-refractivity contribution in [2.75, 3.05) is 6.61 Å². The lowest BCUT2D eigenvalue weighted by Crippen LogP contribution is -2.24. The number of ether oxygens (including phenoxy) is 1. The average molecular weight is 224 g/mol. The van der Waals surface area contributed by atoms with E-state index in [4.69, 9.17) is 9.84 Å². The van der Waals surface area contributed by atoms with Gasteiger partial charge in [-0.25, -0.2) is 4.39 Å². The van der Waals surface area contributed by atoms with E-state index in [2.05, 4.69) is 0 Å². The molecular formula is C11H9FO4. The van der Waals surface area contributed by atoms with E-state index in [9.17, 15) is 14.0 Å². The van der Waals surface area contributed by atoms with Gasteiger partial charge in [0, 0.05) is 5.92 Å². The van der Waals surface area contributed by atoms with Crippen molar-refractivity contribution in [1.82, 2.24) is 0 Å². The van der Waals surface area contributed by atoms with Crippen LogP contribution in [0.3, 0.4) is 0 Å². The first kappa shape index (κ1) is 10.6. The highest BCUT2D eigenvalue weighted by atomic mass is 19.1. The van der Waals surface area contributed by atoms with Gasteiger partial charge in [0.1, 0.15) is 5.82 Å². The Morgan fingerprint density at radius 3 is 2.56 bits per heavy atom.